The second kappa shape index (κ2) is 4.10. The zero-order valence-corrected chi connectivity index (χ0v) is 14.0. The first-order valence-corrected chi connectivity index (χ1v) is 8.05. The Morgan fingerprint density at radius 2 is 1.70 bits per heavy atom. The second-order valence-corrected chi connectivity index (χ2v) is 8.73. The van der Waals surface area contributed by atoms with E-state index < -0.39 is 0 Å². The first-order chi connectivity index (χ1) is 9.17. The zero-order chi connectivity index (χ0) is 14.8. The van der Waals surface area contributed by atoms with Gasteiger partial charge in [-0.2, -0.15) is 0 Å². The van der Waals surface area contributed by atoms with Crippen LogP contribution in [0.5, 0.6) is 0 Å². The maximum Gasteiger partial charge on any atom is 0.0501 e. The molecule has 0 bridgehead atoms. The highest BCUT2D eigenvalue weighted by Crippen LogP contribution is 2.65. The Labute approximate surface area is 124 Å². The molecule has 1 aromatic rings. The van der Waals surface area contributed by atoms with E-state index in [4.69, 9.17) is 0 Å². The van der Waals surface area contributed by atoms with Crippen molar-refractivity contribution in [3.8, 4) is 0 Å². The largest absolute Gasteiger partial charge is 0.288 e. The van der Waals surface area contributed by atoms with Crippen LogP contribution in [-0.4, -0.2) is 17.0 Å². The molecule has 0 spiro atoms. The van der Waals surface area contributed by atoms with Gasteiger partial charge in [0.1, 0.15) is 0 Å². The second-order valence-electron chi connectivity index (χ2n) is 8.73. The highest BCUT2D eigenvalue weighted by atomic mass is 15.3. The molecular formula is C19H29N. The zero-order valence-electron chi connectivity index (χ0n) is 14.0. The van der Waals surface area contributed by atoms with E-state index in [0.717, 1.165) is 5.92 Å². The van der Waals surface area contributed by atoms with E-state index in [-0.39, 0.29) is 11.0 Å². The molecule has 2 atom stereocenters. The van der Waals surface area contributed by atoms with Gasteiger partial charge in [0.15, 0.2) is 0 Å². The van der Waals surface area contributed by atoms with Gasteiger partial charge in [-0.1, -0.05) is 45.0 Å². The number of piperidine rings is 1. The minimum Gasteiger partial charge on any atom is -0.288 e. The number of hydrogen-bond donors (Lipinski definition) is 0. The van der Waals surface area contributed by atoms with Gasteiger partial charge in [0, 0.05) is 5.54 Å². The molecule has 1 nitrogen and oxygen atoms in total. The molecule has 2 aliphatic rings. The molecule has 1 aliphatic carbocycles. The van der Waals surface area contributed by atoms with Gasteiger partial charge in [-0.05, 0) is 62.6 Å². The normalized spacial score (nSPS) is 30.4. The highest BCUT2D eigenvalue weighted by molar-refractivity contribution is 5.44. The van der Waals surface area contributed by atoms with Crippen LogP contribution in [-0.2, 0) is 11.0 Å². The number of hydrogen-bond acceptors (Lipinski definition) is 1. The van der Waals surface area contributed by atoms with Crippen molar-refractivity contribution in [3.05, 3.63) is 35.4 Å². The van der Waals surface area contributed by atoms with Crippen LogP contribution in [0.2, 0.25) is 0 Å². The summed E-state index contributed by atoms with van der Waals surface area (Å²) in [4.78, 5) is 2.77. The minimum absolute atomic E-state index is 0.227. The summed E-state index contributed by atoms with van der Waals surface area (Å²) in [5, 5.41) is 0. The van der Waals surface area contributed by atoms with E-state index in [1.165, 1.54) is 19.4 Å². The van der Waals surface area contributed by atoms with E-state index in [0.29, 0.717) is 5.54 Å². The summed E-state index contributed by atoms with van der Waals surface area (Å²) in [5.74, 6) is 0.880. The monoisotopic (exact) mass is 271 g/mol. The van der Waals surface area contributed by atoms with Gasteiger partial charge < -0.3 is 0 Å². The number of nitrogens with zero attached hydrogens (tertiary/aromatic N) is 1. The Balaban J connectivity index is 2.10. The van der Waals surface area contributed by atoms with E-state index in [9.17, 15) is 0 Å². The fourth-order valence-electron chi connectivity index (χ4n) is 4.40. The van der Waals surface area contributed by atoms with Crippen molar-refractivity contribution in [1.29, 1.82) is 0 Å². The number of fused-ring (bicyclic) bond motifs is 1. The van der Waals surface area contributed by atoms with Gasteiger partial charge in [-0.15, -0.1) is 0 Å². The maximum atomic E-state index is 2.77. The lowest BCUT2D eigenvalue weighted by atomic mass is 9.80. The van der Waals surface area contributed by atoms with Gasteiger partial charge in [0.25, 0.3) is 0 Å². The summed E-state index contributed by atoms with van der Waals surface area (Å²) in [6.45, 7) is 15.4. The Morgan fingerprint density at radius 3 is 2.25 bits per heavy atom. The predicted octanol–water partition coefficient (Wildman–Crippen LogP) is 4.70. The quantitative estimate of drug-likeness (QED) is 0.715. The van der Waals surface area contributed by atoms with Gasteiger partial charge in [-0.3, -0.25) is 4.90 Å². The third kappa shape index (κ3) is 1.94. The minimum atomic E-state index is 0.227. The van der Waals surface area contributed by atoms with E-state index in [1.807, 2.05) is 0 Å². The standard InChI is InChI=1S/C19H29N/c1-17(2,3)15-9-7-8-10-16(15)19-13-14(19)11-12-20(19)18(4,5)6/h7-10,14H,11-13H2,1-6H3. The predicted molar refractivity (Wildman–Crippen MR) is 86.0 cm³/mol. The van der Waals surface area contributed by atoms with Crippen LogP contribution in [0.25, 0.3) is 0 Å². The SMILES string of the molecule is CC(C)(C)c1ccccc1C12CC1CCN2C(C)(C)C. The first kappa shape index (κ1) is 14.1. The summed E-state index contributed by atoms with van der Waals surface area (Å²) >= 11 is 0. The van der Waals surface area contributed by atoms with Crippen LogP contribution in [0.1, 0.15) is 65.5 Å². The molecule has 2 unspecified atom stereocenters. The number of likely N-dealkylation sites (tertiary alicyclic amines) is 1. The van der Waals surface area contributed by atoms with Crippen molar-refractivity contribution in [1.82, 2.24) is 4.90 Å². The molecule has 1 saturated heterocycles. The van der Waals surface area contributed by atoms with Crippen LogP contribution in [0.3, 0.4) is 0 Å². The smallest absolute Gasteiger partial charge is 0.0501 e. The molecule has 0 radical (unpaired) electrons. The van der Waals surface area contributed by atoms with Crippen LogP contribution >= 0.6 is 0 Å². The molecule has 110 valence electrons. The van der Waals surface area contributed by atoms with Gasteiger partial charge in [0.05, 0.1) is 5.54 Å². The third-order valence-corrected chi connectivity index (χ3v) is 5.27. The van der Waals surface area contributed by atoms with Crippen molar-refractivity contribution in [2.24, 2.45) is 5.92 Å². The van der Waals surface area contributed by atoms with E-state index in [2.05, 4.69) is 70.7 Å². The third-order valence-electron chi connectivity index (χ3n) is 5.27. The molecule has 1 aliphatic heterocycles. The molecule has 0 aromatic heterocycles. The molecule has 1 aromatic carbocycles. The average molecular weight is 271 g/mol. The summed E-state index contributed by atoms with van der Waals surface area (Å²) in [6.07, 6.45) is 2.73. The highest BCUT2D eigenvalue weighted by Gasteiger charge is 2.65. The van der Waals surface area contributed by atoms with E-state index in [1.54, 1.807) is 11.1 Å². The van der Waals surface area contributed by atoms with E-state index >= 15 is 0 Å². The Hall–Kier alpha value is -0.820. The molecule has 0 N–H and O–H groups in total. The molecular weight excluding hydrogens is 242 g/mol. The van der Waals surface area contributed by atoms with Crippen molar-refractivity contribution in [3.63, 3.8) is 0 Å². The van der Waals surface area contributed by atoms with Gasteiger partial charge >= 0.3 is 0 Å². The van der Waals surface area contributed by atoms with Gasteiger partial charge in [0.2, 0.25) is 0 Å². The summed E-state index contributed by atoms with van der Waals surface area (Å²) in [5.41, 5.74) is 3.96. The molecule has 2 fully saturated rings. The molecule has 1 heteroatoms. The lowest BCUT2D eigenvalue weighted by Crippen LogP contribution is -2.47. The van der Waals surface area contributed by atoms with Crippen LogP contribution in [0, 0.1) is 5.92 Å². The molecule has 0 amide bonds. The Morgan fingerprint density at radius 1 is 1.05 bits per heavy atom. The fraction of sp³-hybridized carbons (Fsp3) is 0.684. The van der Waals surface area contributed by atoms with Crippen molar-refractivity contribution in [2.45, 2.75) is 70.9 Å². The number of rotatable bonds is 1. The van der Waals surface area contributed by atoms with Crippen LogP contribution in [0.15, 0.2) is 24.3 Å². The summed E-state index contributed by atoms with van der Waals surface area (Å²) in [7, 11) is 0. The van der Waals surface area contributed by atoms with Crippen LogP contribution < -0.4 is 0 Å². The Bertz CT molecular complexity index is 517. The fourth-order valence-corrected chi connectivity index (χ4v) is 4.40. The lowest BCUT2D eigenvalue weighted by molar-refractivity contribution is 0.0879. The van der Waals surface area contributed by atoms with Crippen molar-refractivity contribution in [2.75, 3.05) is 6.54 Å². The molecule has 1 heterocycles. The molecule has 3 rings (SSSR count). The van der Waals surface area contributed by atoms with Crippen LogP contribution in [0.4, 0.5) is 0 Å². The average Bonchev–Trinajstić information content (AvgIpc) is 2.92. The van der Waals surface area contributed by atoms with Crippen molar-refractivity contribution < 1.29 is 0 Å². The molecule has 20 heavy (non-hydrogen) atoms. The van der Waals surface area contributed by atoms with Gasteiger partial charge in [-0.25, -0.2) is 0 Å². The summed E-state index contributed by atoms with van der Waals surface area (Å²) < 4.78 is 0. The summed E-state index contributed by atoms with van der Waals surface area (Å²) in [6, 6.07) is 9.17. The maximum absolute atomic E-state index is 2.77. The first-order valence-electron chi connectivity index (χ1n) is 8.05. The number of benzene rings is 1. The topological polar surface area (TPSA) is 3.24 Å². The van der Waals surface area contributed by atoms with Crippen molar-refractivity contribution >= 4 is 0 Å². The molecule has 1 saturated carbocycles. The lowest BCUT2D eigenvalue weighted by Gasteiger charge is -2.42. The Kier molecular flexibility index (Phi) is 2.90.